The SMILES string of the molecule is CCCCCCCc1ccc(B2OCC(c3ccc(CCCCC)c(F)c3F)CO2)cc1. The minimum absolute atomic E-state index is 0.298. The molecule has 2 nitrogen and oxygen atoms in total. The van der Waals surface area contributed by atoms with Crippen LogP contribution >= 0.6 is 0 Å². The molecule has 2 aromatic rings. The lowest BCUT2D eigenvalue weighted by atomic mass is 9.76. The summed E-state index contributed by atoms with van der Waals surface area (Å²) < 4.78 is 41.0. The smallest absolute Gasteiger partial charge is 0.407 e. The first-order chi connectivity index (χ1) is 15.6. The summed E-state index contributed by atoms with van der Waals surface area (Å²) in [6, 6.07) is 11.8. The highest BCUT2D eigenvalue weighted by Gasteiger charge is 2.31. The molecule has 0 aromatic heterocycles. The van der Waals surface area contributed by atoms with E-state index < -0.39 is 18.8 Å². The lowest BCUT2D eigenvalue weighted by Crippen LogP contribution is -2.43. The van der Waals surface area contributed by atoms with Gasteiger partial charge in [-0.3, -0.25) is 0 Å². The van der Waals surface area contributed by atoms with Crippen molar-refractivity contribution in [3.05, 3.63) is 64.7 Å². The first-order valence-corrected chi connectivity index (χ1v) is 12.4. The van der Waals surface area contributed by atoms with Crippen LogP contribution in [0.1, 0.15) is 87.8 Å². The third kappa shape index (κ3) is 6.89. The molecule has 0 atom stereocenters. The van der Waals surface area contributed by atoms with Gasteiger partial charge in [0.25, 0.3) is 0 Å². The molecule has 1 aliphatic rings. The Morgan fingerprint density at radius 1 is 0.750 bits per heavy atom. The molecule has 174 valence electrons. The van der Waals surface area contributed by atoms with Crippen LogP contribution in [0.15, 0.2) is 36.4 Å². The molecule has 0 saturated carbocycles. The molecular formula is C27H37BF2O2. The van der Waals surface area contributed by atoms with Crippen LogP contribution < -0.4 is 5.46 Å². The van der Waals surface area contributed by atoms with Crippen LogP contribution in [-0.2, 0) is 22.2 Å². The van der Waals surface area contributed by atoms with Gasteiger partial charge < -0.3 is 9.31 Å². The Morgan fingerprint density at radius 2 is 1.38 bits per heavy atom. The Balaban J connectivity index is 1.51. The van der Waals surface area contributed by atoms with Gasteiger partial charge in [0.2, 0.25) is 0 Å². The van der Waals surface area contributed by atoms with Crippen molar-refractivity contribution in [3.63, 3.8) is 0 Å². The van der Waals surface area contributed by atoms with Gasteiger partial charge in [-0.25, -0.2) is 8.78 Å². The molecule has 0 aliphatic carbocycles. The maximum atomic E-state index is 14.7. The molecule has 0 amide bonds. The van der Waals surface area contributed by atoms with Gasteiger partial charge in [0, 0.05) is 19.1 Å². The van der Waals surface area contributed by atoms with Crippen LogP contribution in [0.3, 0.4) is 0 Å². The number of rotatable bonds is 12. The van der Waals surface area contributed by atoms with Crippen molar-refractivity contribution in [2.24, 2.45) is 0 Å². The second-order valence-corrected chi connectivity index (χ2v) is 9.00. The Labute approximate surface area is 192 Å². The lowest BCUT2D eigenvalue weighted by molar-refractivity contribution is 0.119. The van der Waals surface area contributed by atoms with E-state index in [0.29, 0.717) is 30.8 Å². The zero-order valence-electron chi connectivity index (χ0n) is 19.7. The number of hydrogen-bond acceptors (Lipinski definition) is 2. The highest BCUT2D eigenvalue weighted by molar-refractivity contribution is 6.61. The molecule has 2 aromatic carbocycles. The minimum atomic E-state index is -0.752. The molecule has 1 saturated heterocycles. The van der Waals surface area contributed by atoms with Gasteiger partial charge in [-0.05, 0) is 47.8 Å². The van der Waals surface area contributed by atoms with Crippen molar-refractivity contribution in [3.8, 4) is 0 Å². The third-order valence-electron chi connectivity index (χ3n) is 6.40. The standard InChI is InChI=1S/C27H37BF2O2/c1-3-5-7-8-10-11-21-13-16-24(17-14-21)28-31-19-23(20-32-28)25-18-15-22(12-9-6-4-2)26(29)27(25)30/h13-18,23H,3-12,19-20H2,1-2H3. The molecular weight excluding hydrogens is 405 g/mol. The van der Waals surface area contributed by atoms with Gasteiger partial charge in [-0.15, -0.1) is 0 Å². The van der Waals surface area contributed by atoms with E-state index in [1.807, 2.05) is 0 Å². The lowest BCUT2D eigenvalue weighted by Gasteiger charge is -2.28. The largest absolute Gasteiger partial charge is 0.493 e. The summed E-state index contributed by atoms with van der Waals surface area (Å²) >= 11 is 0. The van der Waals surface area contributed by atoms with Crippen LogP contribution in [0.25, 0.3) is 0 Å². The molecule has 0 N–H and O–H groups in total. The number of unbranched alkanes of at least 4 members (excludes halogenated alkanes) is 6. The maximum absolute atomic E-state index is 14.7. The highest BCUT2D eigenvalue weighted by Crippen LogP contribution is 2.27. The fourth-order valence-corrected chi connectivity index (χ4v) is 4.33. The Hall–Kier alpha value is -1.72. The molecule has 0 bridgehead atoms. The topological polar surface area (TPSA) is 18.5 Å². The summed E-state index contributed by atoms with van der Waals surface area (Å²) in [5, 5.41) is 0. The molecule has 3 rings (SSSR count). The average molecular weight is 442 g/mol. The number of halogens is 2. The molecule has 5 heteroatoms. The van der Waals surface area contributed by atoms with Crippen molar-refractivity contribution in [1.29, 1.82) is 0 Å². The summed E-state index contributed by atoms with van der Waals surface area (Å²) in [7, 11) is -0.453. The summed E-state index contributed by atoms with van der Waals surface area (Å²) in [5.41, 5.74) is 3.10. The summed E-state index contributed by atoms with van der Waals surface area (Å²) in [5.74, 6) is -1.77. The van der Waals surface area contributed by atoms with Crippen LogP contribution in [0.5, 0.6) is 0 Å². The van der Waals surface area contributed by atoms with E-state index in [9.17, 15) is 8.78 Å². The number of benzene rings is 2. The van der Waals surface area contributed by atoms with Gasteiger partial charge in [0.1, 0.15) is 0 Å². The zero-order valence-corrected chi connectivity index (χ0v) is 19.7. The fourth-order valence-electron chi connectivity index (χ4n) is 4.33. The summed E-state index contributed by atoms with van der Waals surface area (Å²) in [4.78, 5) is 0. The Kier molecular flexibility index (Phi) is 10.2. The minimum Gasteiger partial charge on any atom is -0.407 e. The molecule has 1 fully saturated rings. The molecule has 0 spiro atoms. The van der Waals surface area contributed by atoms with Crippen LogP contribution in [0.2, 0.25) is 0 Å². The first-order valence-electron chi connectivity index (χ1n) is 12.4. The van der Waals surface area contributed by atoms with E-state index >= 15 is 0 Å². The quantitative estimate of drug-likeness (QED) is 0.268. The van der Waals surface area contributed by atoms with Crippen LogP contribution in [0.4, 0.5) is 8.78 Å². The molecule has 1 heterocycles. The second kappa shape index (κ2) is 13.1. The normalized spacial score (nSPS) is 14.8. The van der Waals surface area contributed by atoms with Gasteiger partial charge >= 0.3 is 7.12 Å². The monoisotopic (exact) mass is 442 g/mol. The highest BCUT2D eigenvalue weighted by atomic mass is 19.2. The van der Waals surface area contributed by atoms with Gasteiger partial charge in [-0.1, -0.05) is 88.8 Å². The van der Waals surface area contributed by atoms with Crippen molar-refractivity contribution in [2.75, 3.05) is 13.2 Å². The third-order valence-corrected chi connectivity index (χ3v) is 6.40. The Bertz CT molecular complexity index is 817. The van der Waals surface area contributed by atoms with E-state index in [1.165, 1.54) is 37.7 Å². The predicted molar refractivity (Wildman–Crippen MR) is 129 cm³/mol. The van der Waals surface area contributed by atoms with Crippen molar-refractivity contribution >= 4 is 12.6 Å². The molecule has 1 aliphatic heterocycles. The number of aryl methyl sites for hydroxylation is 2. The molecule has 0 unspecified atom stereocenters. The number of hydrogen-bond donors (Lipinski definition) is 0. The summed E-state index contributed by atoms with van der Waals surface area (Å²) in [6.07, 6.45) is 11.0. The Morgan fingerprint density at radius 3 is 2.06 bits per heavy atom. The second-order valence-electron chi connectivity index (χ2n) is 9.00. The average Bonchev–Trinajstić information content (AvgIpc) is 2.82. The first kappa shape index (κ1) is 24.9. The van der Waals surface area contributed by atoms with E-state index in [-0.39, 0.29) is 5.92 Å². The van der Waals surface area contributed by atoms with Crippen molar-refractivity contribution in [2.45, 2.75) is 84.0 Å². The van der Waals surface area contributed by atoms with E-state index in [0.717, 1.165) is 31.1 Å². The maximum Gasteiger partial charge on any atom is 0.493 e. The zero-order chi connectivity index (χ0) is 22.8. The fraction of sp³-hybridized carbons (Fsp3) is 0.556. The van der Waals surface area contributed by atoms with Crippen LogP contribution in [-0.4, -0.2) is 20.3 Å². The van der Waals surface area contributed by atoms with Crippen molar-refractivity contribution in [1.82, 2.24) is 0 Å². The van der Waals surface area contributed by atoms with Gasteiger partial charge in [-0.2, -0.15) is 0 Å². The summed E-state index contributed by atoms with van der Waals surface area (Å²) in [6.45, 7) is 4.96. The predicted octanol–water partition coefficient (Wildman–Crippen LogP) is 6.74. The van der Waals surface area contributed by atoms with Gasteiger partial charge in [0.05, 0.1) is 0 Å². The van der Waals surface area contributed by atoms with Gasteiger partial charge in [0.15, 0.2) is 11.6 Å². The van der Waals surface area contributed by atoms with Crippen molar-refractivity contribution < 1.29 is 18.1 Å². The van der Waals surface area contributed by atoms with E-state index in [2.05, 4.69) is 38.1 Å². The van der Waals surface area contributed by atoms with E-state index in [4.69, 9.17) is 9.31 Å². The van der Waals surface area contributed by atoms with Crippen LogP contribution in [0, 0.1) is 11.6 Å². The molecule has 32 heavy (non-hydrogen) atoms. The van der Waals surface area contributed by atoms with E-state index in [1.54, 1.807) is 12.1 Å². The molecule has 0 radical (unpaired) electrons.